The van der Waals surface area contributed by atoms with Gasteiger partial charge in [-0.15, -0.1) is 5.10 Å². The molecule has 0 N–H and O–H groups in total. The Morgan fingerprint density at radius 1 is 1.15 bits per heavy atom. The summed E-state index contributed by atoms with van der Waals surface area (Å²) >= 11 is 6.08. The van der Waals surface area contributed by atoms with E-state index in [9.17, 15) is 14.4 Å². The van der Waals surface area contributed by atoms with E-state index in [-0.39, 0.29) is 39.7 Å². The van der Waals surface area contributed by atoms with Gasteiger partial charge in [0.05, 0.1) is 22.4 Å². The molecular formula is C31H35ClF2N6O5Si. The van der Waals surface area contributed by atoms with Crippen molar-refractivity contribution in [1.82, 2.24) is 30.1 Å². The van der Waals surface area contributed by atoms with Gasteiger partial charge < -0.3 is 14.1 Å². The molecule has 3 atom stereocenters. The largest absolute Gasteiger partial charge is 0.456 e. The number of esters is 1. The highest BCUT2D eigenvalue weighted by molar-refractivity contribution is 6.74. The third-order valence-electron chi connectivity index (χ3n) is 9.00. The maximum atomic E-state index is 15.5. The smallest absolute Gasteiger partial charge is 0.329 e. The normalized spacial score (nSPS) is 19.1. The van der Waals surface area contributed by atoms with Crippen LogP contribution < -0.4 is 0 Å². The second kappa shape index (κ2) is 12.7. The molecule has 0 saturated carbocycles. The van der Waals surface area contributed by atoms with E-state index in [0.29, 0.717) is 17.7 Å². The maximum Gasteiger partial charge on any atom is 0.329 e. The summed E-state index contributed by atoms with van der Waals surface area (Å²) in [5.41, 5.74) is 0.515. The molecule has 11 nitrogen and oxygen atoms in total. The number of Topliss-reactive ketones (excluding diaryl/α,β-unsaturated/α-hetero) is 1. The van der Waals surface area contributed by atoms with Crippen LogP contribution in [0.1, 0.15) is 74.7 Å². The highest BCUT2D eigenvalue weighted by Crippen LogP contribution is 2.41. The number of nitrogens with zero attached hydrogens (tertiary/aromatic N) is 6. The molecular weight excluding hydrogens is 638 g/mol. The molecule has 2 unspecified atom stereocenters. The van der Waals surface area contributed by atoms with E-state index in [1.165, 1.54) is 40.3 Å². The fourth-order valence-corrected chi connectivity index (χ4v) is 7.12. The van der Waals surface area contributed by atoms with E-state index < -0.39 is 62.4 Å². The zero-order valence-corrected chi connectivity index (χ0v) is 28.1. The highest BCUT2D eigenvalue weighted by Gasteiger charge is 2.44. The molecule has 2 aliphatic heterocycles. The number of hydrogen-bond acceptors (Lipinski definition) is 9. The number of aromatic nitrogens is 5. The van der Waals surface area contributed by atoms with E-state index in [4.69, 9.17) is 20.8 Å². The van der Waals surface area contributed by atoms with Gasteiger partial charge in [-0.3, -0.25) is 14.6 Å². The van der Waals surface area contributed by atoms with Crippen molar-refractivity contribution < 1.29 is 32.3 Å². The molecule has 15 heteroatoms. The number of pyridine rings is 1. The molecule has 46 heavy (non-hydrogen) atoms. The average molecular weight is 673 g/mol. The number of fused-ring (bicyclic) bond motifs is 1. The second-order valence-electron chi connectivity index (χ2n) is 13.0. The molecule has 4 heterocycles. The molecule has 5 rings (SSSR count). The Hall–Kier alpha value is -3.88. The van der Waals surface area contributed by atoms with Crippen LogP contribution in [0.25, 0.3) is 11.3 Å². The van der Waals surface area contributed by atoms with Crippen molar-refractivity contribution in [3.05, 3.63) is 70.3 Å². The van der Waals surface area contributed by atoms with Crippen molar-refractivity contribution in [1.29, 1.82) is 0 Å². The molecule has 3 aromatic rings. The van der Waals surface area contributed by atoms with Gasteiger partial charge in [0.1, 0.15) is 18.1 Å². The van der Waals surface area contributed by atoms with Gasteiger partial charge in [0.15, 0.2) is 26.6 Å². The minimum Gasteiger partial charge on any atom is -0.456 e. The van der Waals surface area contributed by atoms with Crippen molar-refractivity contribution >= 4 is 43.2 Å². The Bertz CT molecular complexity index is 1710. The molecule has 2 aromatic heterocycles. The summed E-state index contributed by atoms with van der Waals surface area (Å²) in [7, 11) is -2.26. The van der Waals surface area contributed by atoms with Crippen LogP contribution in [0, 0.1) is 11.6 Å². The summed E-state index contributed by atoms with van der Waals surface area (Å²) in [6.07, 6.45) is 4.14. The third-order valence-corrected chi connectivity index (χ3v) is 13.8. The van der Waals surface area contributed by atoms with Crippen LogP contribution in [-0.4, -0.2) is 74.8 Å². The van der Waals surface area contributed by atoms with E-state index >= 15 is 8.78 Å². The lowest BCUT2D eigenvalue weighted by Crippen LogP contribution is -2.47. The summed E-state index contributed by atoms with van der Waals surface area (Å²) in [6.45, 7) is 11.3. The summed E-state index contributed by atoms with van der Waals surface area (Å²) in [5.74, 6) is -3.59. The summed E-state index contributed by atoms with van der Waals surface area (Å²) in [5, 5.41) is 10.8. The van der Waals surface area contributed by atoms with Crippen LogP contribution >= 0.6 is 11.6 Å². The predicted molar refractivity (Wildman–Crippen MR) is 167 cm³/mol. The van der Waals surface area contributed by atoms with Crippen LogP contribution in [0.3, 0.4) is 0 Å². The number of carbonyl (C=O) groups is 3. The highest BCUT2D eigenvalue weighted by atomic mass is 35.5. The van der Waals surface area contributed by atoms with Crippen molar-refractivity contribution in [2.75, 3.05) is 6.61 Å². The first kappa shape index (κ1) is 33.5. The first-order chi connectivity index (χ1) is 21.6. The number of tetrazole rings is 1. The monoisotopic (exact) mass is 672 g/mol. The lowest BCUT2D eigenvalue weighted by molar-refractivity contribution is -0.152. The first-order valence-electron chi connectivity index (χ1n) is 14.9. The number of halogens is 3. The van der Waals surface area contributed by atoms with Crippen LogP contribution in [0.2, 0.25) is 23.2 Å². The maximum absolute atomic E-state index is 15.5. The Kier molecular flexibility index (Phi) is 9.26. The fourth-order valence-electron chi connectivity index (χ4n) is 5.61. The van der Waals surface area contributed by atoms with Gasteiger partial charge in [0, 0.05) is 23.9 Å². The summed E-state index contributed by atoms with van der Waals surface area (Å²) in [6, 6.07) is 2.78. The van der Waals surface area contributed by atoms with Crippen molar-refractivity contribution in [2.45, 2.75) is 83.3 Å². The van der Waals surface area contributed by atoms with Crippen molar-refractivity contribution in [2.24, 2.45) is 0 Å². The number of carbonyl (C=O) groups excluding carboxylic acids is 3. The third kappa shape index (κ3) is 6.38. The lowest BCUT2D eigenvalue weighted by atomic mass is 9.92. The molecule has 0 radical (unpaired) electrons. The molecule has 244 valence electrons. The average Bonchev–Trinajstić information content (AvgIpc) is 3.67. The van der Waals surface area contributed by atoms with Gasteiger partial charge in [-0.2, -0.15) is 4.68 Å². The molecule has 2 aliphatic rings. The van der Waals surface area contributed by atoms with Gasteiger partial charge in [-0.05, 0) is 78.5 Å². The van der Waals surface area contributed by atoms with E-state index in [1.54, 1.807) is 13.0 Å². The minimum atomic E-state index is -2.26. The second-order valence-corrected chi connectivity index (χ2v) is 18.1. The topological polar surface area (TPSA) is 129 Å². The molecule has 0 spiro atoms. The molecule has 1 amide bonds. The van der Waals surface area contributed by atoms with Crippen LogP contribution in [0.15, 0.2) is 36.8 Å². The minimum absolute atomic E-state index is 0.00141. The number of ketones is 1. The van der Waals surface area contributed by atoms with E-state index in [2.05, 4.69) is 41.3 Å². The van der Waals surface area contributed by atoms with E-state index in [0.717, 1.165) is 0 Å². The van der Waals surface area contributed by atoms with Crippen molar-refractivity contribution in [3.8, 4) is 5.69 Å². The quantitative estimate of drug-likeness (QED) is 0.161. The number of rotatable bonds is 9. The zero-order chi connectivity index (χ0) is 33.6. The summed E-state index contributed by atoms with van der Waals surface area (Å²) < 4.78 is 43.7. The Balaban J connectivity index is 1.28. The van der Waals surface area contributed by atoms with Crippen LogP contribution in [0.5, 0.6) is 0 Å². The lowest BCUT2D eigenvalue weighted by Gasteiger charge is -2.38. The van der Waals surface area contributed by atoms with Gasteiger partial charge in [-0.25, -0.2) is 13.6 Å². The van der Waals surface area contributed by atoms with Crippen LogP contribution in [0.4, 0.5) is 8.78 Å². The van der Waals surface area contributed by atoms with Gasteiger partial charge >= 0.3 is 5.97 Å². The molecule has 1 aromatic carbocycles. The van der Waals surface area contributed by atoms with Gasteiger partial charge in [0.2, 0.25) is 11.7 Å². The SMILES string of the molecule is CC(O[Si](C)(C)C(C)(C)C)c1nccc(C(=O)COC(=O)[C@@H]2CCC3CC(c4c(-n5cnnn5)ccc(Cl)c4F)=CC(=O)N32)c1F. The van der Waals surface area contributed by atoms with Crippen LogP contribution in [-0.2, 0) is 18.8 Å². The Morgan fingerprint density at radius 3 is 2.57 bits per heavy atom. The number of benzene rings is 1. The Morgan fingerprint density at radius 2 is 1.89 bits per heavy atom. The van der Waals surface area contributed by atoms with Gasteiger partial charge in [-0.1, -0.05) is 32.4 Å². The fraction of sp³-hybridized carbons (Fsp3) is 0.452. The molecule has 0 aliphatic carbocycles. The molecule has 1 saturated heterocycles. The Labute approximate surface area is 271 Å². The first-order valence-corrected chi connectivity index (χ1v) is 18.2. The number of ether oxygens (including phenoxy) is 1. The standard InChI is InChI=1S/C31H35ClF2N6O5Si/c1-17(45-46(5,6)31(2,3)4)29-27(33)20(11-12-35-29)24(41)15-44-30(43)23-9-7-19-13-18(14-25(42)40(19)23)26-22(39-16-36-37-38-39)10-8-21(32)28(26)34/h8,10-12,14,16-17,19,23H,7,9,13,15H2,1-6H3/t17?,19?,23-/m0/s1. The van der Waals surface area contributed by atoms with E-state index in [1.807, 2.05) is 13.1 Å². The van der Waals surface area contributed by atoms with Gasteiger partial charge in [0.25, 0.3) is 0 Å². The number of hydrogen-bond donors (Lipinski definition) is 0. The zero-order valence-electron chi connectivity index (χ0n) is 26.4. The molecule has 1 fully saturated rings. The number of amides is 1. The summed E-state index contributed by atoms with van der Waals surface area (Å²) in [4.78, 5) is 45.0. The predicted octanol–water partition coefficient (Wildman–Crippen LogP) is 5.64. The molecule has 0 bridgehead atoms. The van der Waals surface area contributed by atoms with Crippen molar-refractivity contribution in [3.63, 3.8) is 0 Å².